The lowest BCUT2D eigenvalue weighted by atomic mass is 10.2. The molecule has 0 fully saturated rings. The number of imidazole rings is 1. The van der Waals surface area contributed by atoms with E-state index in [9.17, 15) is 18.0 Å². The third-order valence-electron chi connectivity index (χ3n) is 3.52. The molecule has 0 spiro atoms. The van der Waals surface area contributed by atoms with Crippen LogP contribution in [0.4, 0.5) is 18.9 Å². The van der Waals surface area contributed by atoms with Gasteiger partial charge in [-0.05, 0) is 42.8 Å². The fourth-order valence-electron chi connectivity index (χ4n) is 2.29. The number of H-pyrrole nitrogens is 1. The molecule has 1 amide bonds. The Bertz CT molecular complexity index is 972. The number of carbonyl (C=O) groups excluding carboxylic acids is 1. The maximum absolute atomic E-state index is 12.8. The normalized spacial score (nSPS) is 11.7. The van der Waals surface area contributed by atoms with E-state index in [4.69, 9.17) is 11.6 Å². The number of aromatic nitrogens is 2. The molecule has 0 aliphatic heterocycles. The van der Waals surface area contributed by atoms with Crippen LogP contribution in [0.1, 0.15) is 11.1 Å². The molecule has 3 aromatic rings. The Balaban J connectivity index is 1.67. The van der Waals surface area contributed by atoms with Gasteiger partial charge in [0.2, 0.25) is 5.91 Å². The molecule has 136 valence electrons. The van der Waals surface area contributed by atoms with E-state index in [0.717, 1.165) is 46.6 Å². The summed E-state index contributed by atoms with van der Waals surface area (Å²) in [6, 6.07) is 8.52. The van der Waals surface area contributed by atoms with E-state index in [0.29, 0.717) is 5.16 Å². The van der Waals surface area contributed by atoms with Gasteiger partial charge >= 0.3 is 6.18 Å². The quantitative estimate of drug-likeness (QED) is 0.587. The molecule has 9 heteroatoms. The van der Waals surface area contributed by atoms with Gasteiger partial charge in [0, 0.05) is 0 Å². The number of fused-ring (bicyclic) bond motifs is 1. The van der Waals surface area contributed by atoms with E-state index < -0.39 is 17.6 Å². The van der Waals surface area contributed by atoms with Crippen molar-refractivity contribution in [3.63, 3.8) is 0 Å². The highest BCUT2D eigenvalue weighted by Crippen LogP contribution is 2.34. The lowest BCUT2D eigenvalue weighted by molar-refractivity contribution is -0.137. The minimum absolute atomic E-state index is 0.0224. The molecule has 1 heterocycles. The largest absolute Gasteiger partial charge is 0.416 e. The van der Waals surface area contributed by atoms with Crippen LogP contribution in [-0.2, 0) is 11.0 Å². The van der Waals surface area contributed by atoms with Gasteiger partial charge in [-0.15, -0.1) is 0 Å². The van der Waals surface area contributed by atoms with Crippen molar-refractivity contribution in [3.05, 3.63) is 52.5 Å². The molecule has 0 radical (unpaired) electrons. The monoisotopic (exact) mass is 399 g/mol. The third-order valence-corrected chi connectivity index (χ3v) is 4.73. The van der Waals surface area contributed by atoms with Crippen LogP contribution in [-0.4, -0.2) is 21.6 Å². The average molecular weight is 400 g/mol. The van der Waals surface area contributed by atoms with Gasteiger partial charge in [-0.1, -0.05) is 29.4 Å². The summed E-state index contributed by atoms with van der Waals surface area (Å²) in [6.07, 6.45) is -4.51. The molecular formula is C17H13ClF3N3OS. The zero-order valence-corrected chi connectivity index (χ0v) is 15.0. The number of anilines is 1. The summed E-state index contributed by atoms with van der Waals surface area (Å²) in [6.45, 7) is 1.96. The zero-order chi connectivity index (χ0) is 18.9. The Hall–Kier alpha value is -2.19. The summed E-state index contributed by atoms with van der Waals surface area (Å²) < 4.78 is 38.3. The number of rotatable bonds is 4. The van der Waals surface area contributed by atoms with Crippen LogP contribution in [0.5, 0.6) is 0 Å². The fourth-order valence-corrected chi connectivity index (χ4v) is 3.14. The van der Waals surface area contributed by atoms with Gasteiger partial charge in [-0.25, -0.2) is 4.98 Å². The molecule has 0 saturated heterocycles. The summed E-state index contributed by atoms with van der Waals surface area (Å²) in [5.41, 5.74) is 1.76. The van der Waals surface area contributed by atoms with Crippen LogP contribution in [0.3, 0.4) is 0 Å². The van der Waals surface area contributed by atoms with Crippen molar-refractivity contribution in [1.82, 2.24) is 9.97 Å². The zero-order valence-electron chi connectivity index (χ0n) is 13.4. The van der Waals surface area contributed by atoms with Crippen LogP contribution in [0.2, 0.25) is 5.02 Å². The number of nitrogens with zero attached hydrogens (tertiary/aromatic N) is 1. The summed E-state index contributed by atoms with van der Waals surface area (Å²) in [5, 5.41) is 2.99. The molecule has 2 aromatic carbocycles. The van der Waals surface area contributed by atoms with Crippen LogP contribution < -0.4 is 5.32 Å². The van der Waals surface area contributed by atoms with E-state index in [1.807, 2.05) is 25.1 Å². The highest BCUT2D eigenvalue weighted by atomic mass is 35.5. The standard InChI is InChI=1S/C17H13ClF3N3OS/c1-9-2-5-12-14(6-9)24-16(23-12)26-8-15(25)22-13-7-10(17(19,20)21)3-4-11(13)18/h2-7H,8H2,1H3,(H,22,25)(H,23,24). The minimum Gasteiger partial charge on any atom is -0.333 e. The van der Waals surface area contributed by atoms with Crippen LogP contribution >= 0.6 is 23.4 Å². The van der Waals surface area contributed by atoms with Gasteiger partial charge in [-0.3, -0.25) is 4.79 Å². The summed E-state index contributed by atoms with van der Waals surface area (Å²) >= 11 is 7.02. The number of benzene rings is 2. The maximum Gasteiger partial charge on any atom is 0.416 e. The van der Waals surface area contributed by atoms with Gasteiger partial charge in [0.15, 0.2) is 5.16 Å². The number of aryl methyl sites for hydroxylation is 1. The number of hydrogen-bond acceptors (Lipinski definition) is 3. The highest BCUT2D eigenvalue weighted by molar-refractivity contribution is 7.99. The highest BCUT2D eigenvalue weighted by Gasteiger charge is 2.31. The van der Waals surface area contributed by atoms with Gasteiger partial charge in [0.05, 0.1) is 33.1 Å². The van der Waals surface area contributed by atoms with E-state index in [-0.39, 0.29) is 16.5 Å². The van der Waals surface area contributed by atoms with Gasteiger partial charge in [0.25, 0.3) is 0 Å². The van der Waals surface area contributed by atoms with Crippen molar-refractivity contribution < 1.29 is 18.0 Å². The first-order valence-corrected chi connectivity index (χ1v) is 8.84. The van der Waals surface area contributed by atoms with Gasteiger partial charge in [0.1, 0.15) is 0 Å². The first-order chi connectivity index (χ1) is 12.2. The van der Waals surface area contributed by atoms with E-state index in [1.165, 1.54) is 0 Å². The van der Waals surface area contributed by atoms with Crippen molar-refractivity contribution in [2.75, 3.05) is 11.1 Å². The number of thioether (sulfide) groups is 1. The molecule has 26 heavy (non-hydrogen) atoms. The van der Waals surface area contributed by atoms with Crippen LogP contribution in [0.25, 0.3) is 11.0 Å². The molecular weight excluding hydrogens is 387 g/mol. The second kappa shape index (κ2) is 7.20. The number of hydrogen-bond donors (Lipinski definition) is 2. The number of nitrogens with one attached hydrogen (secondary N) is 2. The number of halogens is 4. The number of alkyl halides is 3. The minimum atomic E-state index is -4.51. The van der Waals surface area contributed by atoms with Gasteiger partial charge < -0.3 is 10.3 Å². The first-order valence-electron chi connectivity index (χ1n) is 7.48. The lowest BCUT2D eigenvalue weighted by Gasteiger charge is -2.11. The van der Waals surface area contributed by atoms with Crippen molar-refractivity contribution >= 4 is 46.0 Å². The first kappa shape index (κ1) is 18.6. The second-order valence-corrected chi connectivity index (χ2v) is 6.96. The third kappa shape index (κ3) is 4.31. The van der Waals surface area contributed by atoms with E-state index in [1.54, 1.807) is 0 Å². The topological polar surface area (TPSA) is 57.8 Å². The molecule has 3 rings (SSSR count). The Morgan fingerprint density at radius 3 is 2.77 bits per heavy atom. The summed E-state index contributed by atoms with van der Waals surface area (Å²) in [5.74, 6) is -0.501. The fraction of sp³-hybridized carbons (Fsp3) is 0.176. The molecule has 1 aromatic heterocycles. The SMILES string of the molecule is Cc1ccc2nc(SCC(=O)Nc3cc(C(F)(F)F)ccc3Cl)[nH]c2c1. The number of amides is 1. The predicted molar refractivity (Wildman–Crippen MR) is 96.6 cm³/mol. The van der Waals surface area contributed by atoms with Gasteiger partial charge in [-0.2, -0.15) is 13.2 Å². The second-order valence-electron chi connectivity index (χ2n) is 5.59. The smallest absolute Gasteiger partial charge is 0.333 e. The molecule has 0 bridgehead atoms. The van der Waals surface area contributed by atoms with Crippen molar-refractivity contribution in [1.29, 1.82) is 0 Å². The lowest BCUT2D eigenvalue weighted by Crippen LogP contribution is -2.15. The molecule has 0 aliphatic rings. The van der Waals surface area contributed by atoms with E-state index in [2.05, 4.69) is 15.3 Å². The Labute approximate surface area is 156 Å². The van der Waals surface area contributed by atoms with Crippen molar-refractivity contribution in [2.45, 2.75) is 18.3 Å². The maximum atomic E-state index is 12.8. The summed E-state index contributed by atoms with van der Waals surface area (Å²) in [4.78, 5) is 19.5. The Morgan fingerprint density at radius 2 is 2.04 bits per heavy atom. The van der Waals surface area contributed by atoms with Crippen LogP contribution in [0.15, 0.2) is 41.6 Å². The molecule has 0 unspecified atom stereocenters. The number of aromatic amines is 1. The molecule has 0 saturated carbocycles. The predicted octanol–water partition coefficient (Wildman–Crippen LogP) is 5.27. The molecule has 0 atom stereocenters. The Kier molecular flexibility index (Phi) is 5.15. The van der Waals surface area contributed by atoms with Crippen LogP contribution in [0, 0.1) is 6.92 Å². The number of carbonyl (C=O) groups is 1. The molecule has 2 N–H and O–H groups in total. The molecule has 4 nitrogen and oxygen atoms in total. The van der Waals surface area contributed by atoms with E-state index >= 15 is 0 Å². The molecule has 0 aliphatic carbocycles. The van der Waals surface area contributed by atoms with Crippen molar-refractivity contribution in [2.24, 2.45) is 0 Å². The Morgan fingerprint density at radius 1 is 1.27 bits per heavy atom. The van der Waals surface area contributed by atoms with Crippen molar-refractivity contribution in [3.8, 4) is 0 Å². The summed E-state index contributed by atoms with van der Waals surface area (Å²) in [7, 11) is 0. The average Bonchev–Trinajstić information content (AvgIpc) is 2.96.